The first-order valence-corrected chi connectivity index (χ1v) is 4.48. The van der Waals surface area contributed by atoms with Crippen molar-refractivity contribution in [1.29, 1.82) is 0 Å². The fourth-order valence-electron chi connectivity index (χ4n) is 1.51. The predicted octanol–water partition coefficient (Wildman–Crippen LogP) is -2.06. The molecule has 2 atom stereocenters. The second-order valence-corrected chi connectivity index (χ2v) is 3.39. The summed E-state index contributed by atoms with van der Waals surface area (Å²) >= 11 is 0. The summed E-state index contributed by atoms with van der Waals surface area (Å²) in [6.07, 6.45) is -0.0426. The summed E-state index contributed by atoms with van der Waals surface area (Å²) in [5.41, 5.74) is -0.602. The molecule has 0 saturated heterocycles. The minimum atomic E-state index is -1.60. The van der Waals surface area contributed by atoms with E-state index in [1.54, 1.807) is 0 Å². The maximum absolute atomic E-state index is 11.5. The average molecular weight is 221 g/mol. The van der Waals surface area contributed by atoms with Crippen molar-refractivity contribution < 1.29 is 25.2 Å². The van der Waals surface area contributed by atoms with Crippen molar-refractivity contribution in [2.24, 2.45) is 0 Å². The van der Waals surface area contributed by atoms with Crippen LogP contribution in [0, 0.1) is 0 Å². The second kappa shape index (κ2) is 3.58. The average Bonchev–Trinajstić information content (AvgIpc) is 2.23. The van der Waals surface area contributed by atoms with E-state index in [0.29, 0.717) is 0 Å². The number of aromatic nitrogens is 1. The van der Waals surface area contributed by atoms with E-state index in [1.807, 2.05) is 0 Å². The van der Waals surface area contributed by atoms with Gasteiger partial charge in [0.25, 0.3) is 0 Å². The van der Waals surface area contributed by atoms with Gasteiger partial charge in [-0.1, -0.05) is 17.9 Å². The number of hydrogen-bond acceptors (Lipinski definition) is 6. The molecular weight excluding hydrogens is 214 g/mol. The van der Waals surface area contributed by atoms with E-state index in [4.69, 9.17) is 0 Å². The van der Waals surface area contributed by atoms with Gasteiger partial charge in [-0.2, -0.15) is 0 Å². The van der Waals surface area contributed by atoms with Gasteiger partial charge >= 0.3 is 0 Å². The Bertz CT molecular complexity index is 482. The Balaban J connectivity index is 2.62. The first-order chi connectivity index (χ1) is 7.50. The van der Waals surface area contributed by atoms with Crippen molar-refractivity contribution in [3.8, 4) is 5.75 Å². The molecule has 16 heavy (non-hydrogen) atoms. The summed E-state index contributed by atoms with van der Waals surface area (Å²) in [7, 11) is 0. The van der Waals surface area contributed by atoms with Gasteiger partial charge in [0, 0.05) is 0 Å². The third-order valence-electron chi connectivity index (χ3n) is 2.32. The van der Waals surface area contributed by atoms with Crippen molar-refractivity contribution >= 4 is 12.0 Å². The maximum Gasteiger partial charge on any atom is 0.126 e. The molecule has 6 heteroatoms. The van der Waals surface area contributed by atoms with Crippen LogP contribution in [0.5, 0.6) is 5.75 Å². The Hall–Kier alpha value is -1.92. The molecule has 1 aliphatic carbocycles. The van der Waals surface area contributed by atoms with Gasteiger partial charge in [0.05, 0.1) is 17.4 Å². The number of carboxylic acids is 1. The predicted molar refractivity (Wildman–Crippen MR) is 48.0 cm³/mol. The van der Waals surface area contributed by atoms with E-state index >= 15 is 0 Å². The van der Waals surface area contributed by atoms with Crippen molar-refractivity contribution in [3.63, 3.8) is 0 Å². The van der Waals surface area contributed by atoms with Crippen LogP contribution in [-0.4, -0.2) is 27.3 Å². The van der Waals surface area contributed by atoms with E-state index in [-0.39, 0.29) is 11.3 Å². The van der Waals surface area contributed by atoms with Gasteiger partial charge in [0.2, 0.25) is 0 Å². The molecule has 84 valence electrons. The van der Waals surface area contributed by atoms with Gasteiger partial charge in [-0.15, -0.1) is 0 Å². The lowest BCUT2D eigenvalue weighted by Gasteiger charge is -2.25. The van der Waals surface area contributed by atoms with E-state index < -0.39 is 29.6 Å². The number of rotatable bonds is 1. The van der Waals surface area contributed by atoms with Crippen LogP contribution in [0.3, 0.4) is 0 Å². The molecule has 0 radical (unpaired) electrons. The van der Waals surface area contributed by atoms with Crippen molar-refractivity contribution in [1.82, 2.24) is 4.98 Å². The zero-order valence-corrected chi connectivity index (χ0v) is 7.95. The highest BCUT2D eigenvalue weighted by molar-refractivity contribution is 5.85. The molecule has 2 N–H and O–H groups in total. The van der Waals surface area contributed by atoms with Crippen LogP contribution >= 0.6 is 0 Å². The Kier molecular flexibility index (Phi) is 2.37. The number of hydrogen-bond donors (Lipinski definition) is 2. The zero-order chi connectivity index (χ0) is 11.9. The van der Waals surface area contributed by atoms with Crippen molar-refractivity contribution in [2.45, 2.75) is 12.2 Å². The number of pyridine rings is 1. The highest BCUT2D eigenvalue weighted by Gasteiger charge is 2.24. The number of fused-ring (bicyclic) bond motifs is 1. The molecule has 2 rings (SSSR count). The number of aromatic carboxylic acids is 1. The molecule has 6 nitrogen and oxygen atoms in total. The molecule has 0 bridgehead atoms. The third kappa shape index (κ3) is 1.54. The second-order valence-electron chi connectivity index (χ2n) is 3.39. The summed E-state index contributed by atoms with van der Waals surface area (Å²) < 4.78 is 0. The van der Waals surface area contributed by atoms with Crippen LogP contribution in [0.1, 0.15) is 27.8 Å². The molecule has 0 aromatic carbocycles. The van der Waals surface area contributed by atoms with Crippen LogP contribution in [-0.2, 0) is 0 Å². The van der Waals surface area contributed by atoms with Crippen LogP contribution in [0.25, 0.3) is 6.08 Å². The maximum atomic E-state index is 11.5. The molecule has 1 aliphatic rings. The first kappa shape index (κ1) is 10.6. The first-order valence-electron chi connectivity index (χ1n) is 4.48. The minimum Gasteiger partial charge on any atom is -0.872 e. The molecular formula is C10H7NO5-2. The third-order valence-corrected chi connectivity index (χ3v) is 2.32. The molecule has 0 amide bonds. The van der Waals surface area contributed by atoms with Crippen LogP contribution in [0.4, 0.5) is 0 Å². The number of aliphatic hydroxyl groups is 2. The Morgan fingerprint density at radius 3 is 2.75 bits per heavy atom. The largest absolute Gasteiger partial charge is 0.872 e. The highest BCUT2D eigenvalue weighted by atomic mass is 16.4. The van der Waals surface area contributed by atoms with Crippen LogP contribution in [0.2, 0.25) is 0 Å². The Morgan fingerprint density at radius 1 is 1.44 bits per heavy atom. The summed E-state index contributed by atoms with van der Waals surface area (Å²) in [6, 6.07) is 0.822. The molecule has 1 aromatic rings. The number of aliphatic hydroxyl groups excluding tert-OH is 2. The number of carbonyl (C=O) groups excluding carboxylic acids is 1. The molecule has 0 spiro atoms. The summed E-state index contributed by atoms with van der Waals surface area (Å²) in [5, 5.41) is 40.9. The van der Waals surface area contributed by atoms with Gasteiger partial charge in [-0.25, -0.2) is 4.98 Å². The van der Waals surface area contributed by atoms with Crippen molar-refractivity contribution in [2.75, 3.05) is 0 Å². The van der Waals surface area contributed by atoms with Gasteiger partial charge in [-0.05, 0) is 11.6 Å². The van der Waals surface area contributed by atoms with Gasteiger partial charge in [0.15, 0.2) is 0 Å². The lowest BCUT2D eigenvalue weighted by atomic mass is 9.97. The van der Waals surface area contributed by atoms with E-state index in [2.05, 4.69) is 4.98 Å². The van der Waals surface area contributed by atoms with Crippen LogP contribution in [0.15, 0.2) is 12.1 Å². The normalized spacial score (nSPS) is 22.9. The van der Waals surface area contributed by atoms with Crippen molar-refractivity contribution in [3.05, 3.63) is 29.1 Å². The molecule has 1 heterocycles. The van der Waals surface area contributed by atoms with E-state index in [9.17, 15) is 25.2 Å². The van der Waals surface area contributed by atoms with Gasteiger partial charge in [-0.3, -0.25) is 0 Å². The Labute approximate surface area is 90.1 Å². The topological polar surface area (TPSA) is 117 Å². The quantitative estimate of drug-likeness (QED) is 0.563. The molecule has 0 saturated carbocycles. The fraction of sp³-hybridized carbons (Fsp3) is 0.200. The van der Waals surface area contributed by atoms with Gasteiger partial charge < -0.3 is 25.2 Å². The van der Waals surface area contributed by atoms with E-state index in [0.717, 1.165) is 6.07 Å². The summed E-state index contributed by atoms with van der Waals surface area (Å²) in [5.74, 6) is -2.18. The molecule has 1 aromatic heterocycles. The molecule has 0 fully saturated rings. The minimum absolute atomic E-state index is 0.0859. The summed E-state index contributed by atoms with van der Waals surface area (Å²) in [4.78, 5) is 14.1. The lowest BCUT2D eigenvalue weighted by molar-refractivity contribution is -0.270. The molecule has 0 aliphatic heterocycles. The zero-order valence-electron chi connectivity index (χ0n) is 7.95. The van der Waals surface area contributed by atoms with Gasteiger partial charge in [0.1, 0.15) is 12.2 Å². The fourth-order valence-corrected chi connectivity index (χ4v) is 1.51. The number of carbonyl (C=O) groups is 1. The lowest BCUT2D eigenvalue weighted by Crippen LogP contribution is -2.27. The smallest absolute Gasteiger partial charge is 0.126 e. The number of nitrogens with zero attached hydrogens (tertiary/aromatic N) is 1. The van der Waals surface area contributed by atoms with E-state index in [1.165, 1.54) is 12.2 Å². The SMILES string of the molecule is O=C([O-])c1cc([O-])c2c(n1)C(O)C(O)C=C2. The standard InChI is InChI=1S/C10H9NO5/c12-6-2-1-4-7(13)3-5(10(15)16)11-8(4)9(6)14/h1-3,6,9,12,14H,(H,11,13)(H,15,16)/p-2. The Morgan fingerprint density at radius 2 is 2.12 bits per heavy atom. The number of carboxylic acid groups (broad SMARTS) is 1. The molecule has 2 unspecified atom stereocenters. The highest BCUT2D eigenvalue weighted by Crippen LogP contribution is 2.31. The summed E-state index contributed by atoms with van der Waals surface area (Å²) in [6.45, 7) is 0. The van der Waals surface area contributed by atoms with Crippen LogP contribution < -0.4 is 10.2 Å². The monoisotopic (exact) mass is 221 g/mol.